The first kappa shape index (κ1) is 24.5. The number of carbonyl (C=O) groups excluding carboxylic acids is 2. The zero-order valence-corrected chi connectivity index (χ0v) is 20.6. The Bertz CT molecular complexity index is 857. The van der Waals surface area contributed by atoms with Crippen molar-refractivity contribution in [1.82, 2.24) is 10.2 Å². The molecule has 0 aromatic heterocycles. The van der Waals surface area contributed by atoms with Crippen molar-refractivity contribution >= 4 is 39.5 Å². The van der Waals surface area contributed by atoms with Gasteiger partial charge < -0.3 is 10.2 Å². The van der Waals surface area contributed by atoms with Crippen LogP contribution in [0.3, 0.4) is 0 Å². The third kappa shape index (κ3) is 8.15. The third-order valence-electron chi connectivity index (χ3n) is 4.67. The first-order valence-corrected chi connectivity index (χ1v) is 12.2. The molecule has 1 atom stereocenters. The van der Waals surface area contributed by atoms with Gasteiger partial charge in [0.1, 0.15) is 6.04 Å². The first-order chi connectivity index (χ1) is 14.3. The second-order valence-electron chi connectivity index (χ2n) is 7.95. The topological polar surface area (TPSA) is 49.4 Å². The van der Waals surface area contributed by atoms with E-state index in [9.17, 15) is 9.59 Å². The van der Waals surface area contributed by atoms with Gasteiger partial charge in [-0.2, -0.15) is 0 Å². The molecule has 2 rings (SSSR count). The number of nitrogens with zero attached hydrogens (tertiary/aromatic N) is 1. The maximum atomic E-state index is 13.1. The Hall–Kier alpha value is -1.79. The van der Waals surface area contributed by atoms with Crippen LogP contribution in [-0.4, -0.2) is 35.1 Å². The Labute approximate surface area is 192 Å². The van der Waals surface area contributed by atoms with Crippen LogP contribution in [0.5, 0.6) is 0 Å². The molecule has 0 heterocycles. The fourth-order valence-electron chi connectivity index (χ4n) is 3.01. The van der Waals surface area contributed by atoms with Gasteiger partial charge in [0.05, 0.1) is 5.75 Å². The molecular weight excluding hydrogens is 460 g/mol. The Kier molecular flexibility index (Phi) is 9.92. The number of nitrogens with one attached hydrogen (secondary N) is 1. The summed E-state index contributed by atoms with van der Waals surface area (Å²) in [4.78, 5) is 27.4. The van der Waals surface area contributed by atoms with Crippen molar-refractivity contribution in [2.45, 2.75) is 46.0 Å². The maximum Gasteiger partial charge on any atom is 0.242 e. The molecule has 0 aliphatic rings. The Balaban J connectivity index is 2.06. The van der Waals surface area contributed by atoms with Crippen LogP contribution in [-0.2, 0) is 21.9 Å². The number of carbonyl (C=O) groups is 2. The number of thioether (sulfide) groups is 1. The van der Waals surface area contributed by atoms with Crippen LogP contribution in [0.2, 0.25) is 0 Å². The minimum absolute atomic E-state index is 0.0279. The monoisotopic (exact) mass is 490 g/mol. The number of aryl methyl sites for hydroxylation is 1. The van der Waals surface area contributed by atoms with Crippen molar-refractivity contribution in [2.24, 2.45) is 5.92 Å². The largest absolute Gasteiger partial charge is 0.354 e. The van der Waals surface area contributed by atoms with Gasteiger partial charge in [0.25, 0.3) is 0 Å². The molecule has 2 aromatic carbocycles. The molecule has 0 saturated heterocycles. The lowest BCUT2D eigenvalue weighted by Gasteiger charge is -2.29. The Morgan fingerprint density at radius 3 is 2.43 bits per heavy atom. The van der Waals surface area contributed by atoms with E-state index in [-0.39, 0.29) is 11.8 Å². The lowest BCUT2D eigenvalue weighted by molar-refractivity contribution is -0.138. The minimum Gasteiger partial charge on any atom is -0.354 e. The molecule has 2 aromatic rings. The second kappa shape index (κ2) is 12.2. The zero-order valence-electron chi connectivity index (χ0n) is 18.2. The van der Waals surface area contributed by atoms with E-state index in [2.05, 4.69) is 60.2 Å². The SMILES string of the molecule is Cc1cccc(CSCC(=O)N(Cc2cccc(Br)c2)[C@@H](C)C(=O)NCC(C)C)c1. The van der Waals surface area contributed by atoms with Crippen LogP contribution in [0.4, 0.5) is 0 Å². The zero-order chi connectivity index (χ0) is 22.1. The average molecular weight is 491 g/mol. The Morgan fingerprint density at radius 2 is 1.77 bits per heavy atom. The summed E-state index contributed by atoms with van der Waals surface area (Å²) in [7, 11) is 0. The lowest BCUT2D eigenvalue weighted by atomic mass is 10.1. The van der Waals surface area contributed by atoms with Crippen LogP contribution in [0.1, 0.15) is 37.5 Å². The van der Waals surface area contributed by atoms with E-state index in [1.165, 1.54) is 11.1 Å². The molecule has 0 fully saturated rings. The maximum absolute atomic E-state index is 13.1. The van der Waals surface area contributed by atoms with Crippen molar-refractivity contribution in [1.29, 1.82) is 0 Å². The molecule has 2 amide bonds. The number of hydrogen-bond acceptors (Lipinski definition) is 3. The van der Waals surface area contributed by atoms with E-state index in [1.807, 2.05) is 30.3 Å². The van der Waals surface area contributed by atoms with Crippen LogP contribution in [0.15, 0.2) is 53.0 Å². The predicted molar refractivity (Wildman–Crippen MR) is 129 cm³/mol. The average Bonchev–Trinajstić information content (AvgIpc) is 2.69. The highest BCUT2D eigenvalue weighted by Gasteiger charge is 2.26. The van der Waals surface area contributed by atoms with Gasteiger partial charge in [0.2, 0.25) is 11.8 Å². The quantitative estimate of drug-likeness (QED) is 0.498. The second-order valence-corrected chi connectivity index (χ2v) is 9.85. The third-order valence-corrected chi connectivity index (χ3v) is 6.15. The van der Waals surface area contributed by atoms with E-state index >= 15 is 0 Å². The van der Waals surface area contributed by atoms with Crippen LogP contribution < -0.4 is 5.32 Å². The number of amides is 2. The van der Waals surface area contributed by atoms with Gasteiger partial charge in [-0.3, -0.25) is 9.59 Å². The Morgan fingerprint density at radius 1 is 1.07 bits per heavy atom. The van der Waals surface area contributed by atoms with Crippen molar-refractivity contribution in [3.63, 3.8) is 0 Å². The van der Waals surface area contributed by atoms with Crippen molar-refractivity contribution in [3.05, 3.63) is 69.7 Å². The molecule has 0 aliphatic carbocycles. The summed E-state index contributed by atoms with van der Waals surface area (Å²) in [5, 5.41) is 2.95. The van der Waals surface area contributed by atoms with Crippen molar-refractivity contribution < 1.29 is 9.59 Å². The van der Waals surface area contributed by atoms with Crippen LogP contribution in [0.25, 0.3) is 0 Å². The van der Waals surface area contributed by atoms with Gasteiger partial charge in [-0.25, -0.2) is 0 Å². The first-order valence-electron chi connectivity index (χ1n) is 10.2. The van der Waals surface area contributed by atoms with Gasteiger partial charge in [-0.05, 0) is 43.0 Å². The van der Waals surface area contributed by atoms with E-state index in [0.29, 0.717) is 24.8 Å². The van der Waals surface area contributed by atoms with Crippen molar-refractivity contribution in [3.8, 4) is 0 Å². The molecule has 0 saturated carbocycles. The molecule has 0 spiro atoms. The van der Waals surface area contributed by atoms with Crippen LogP contribution in [0, 0.1) is 12.8 Å². The summed E-state index contributed by atoms with van der Waals surface area (Å²) in [6.45, 7) is 8.98. The molecule has 0 aliphatic heterocycles. The summed E-state index contributed by atoms with van der Waals surface area (Å²) >= 11 is 5.06. The van der Waals surface area contributed by atoms with Gasteiger partial charge in [0, 0.05) is 23.3 Å². The highest BCUT2D eigenvalue weighted by molar-refractivity contribution is 9.10. The molecule has 6 heteroatoms. The normalized spacial score (nSPS) is 11.9. The molecule has 30 heavy (non-hydrogen) atoms. The van der Waals surface area contributed by atoms with E-state index < -0.39 is 6.04 Å². The van der Waals surface area contributed by atoms with Crippen molar-refractivity contribution in [2.75, 3.05) is 12.3 Å². The molecular formula is C24H31BrN2O2S. The summed E-state index contributed by atoms with van der Waals surface area (Å²) in [5.74, 6) is 1.33. The minimum atomic E-state index is -0.533. The summed E-state index contributed by atoms with van der Waals surface area (Å²) in [6.07, 6.45) is 0. The molecule has 4 nitrogen and oxygen atoms in total. The summed E-state index contributed by atoms with van der Waals surface area (Å²) in [5.41, 5.74) is 3.41. The smallest absolute Gasteiger partial charge is 0.242 e. The van der Waals surface area contributed by atoms with E-state index in [1.54, 1.807) is 23.6 Å². The molecule has 0 bridgehead atoms. The number of halogens is 1. The number of benzene rings is 2. The fourth-order valence-corrected chi connectivity index (χ4v) is 4.31. The molecule has 0 radical (unpaired) electrons. The summed E-state index contributed by atoms with van der Waals surface area (Å²) < 4.78 is 0.957. The van der Waals surface area contributed by atoms with Gasteiger partial charge in [-0.15, -0.1) is 11.8 Å². The van der Waals surface area contributed by atoms with E-state index in [4.69, 9.17) is 0 Å². The summed E-state index contributed by atoms with van der Waals surface area (Å²) in [6, 6.07) is 15.6. The van der Waals surface area contributed by atoms with Gasteiger partial charge in [0.15, 0.2) is 0 Å². The van der Waals surface area contributed by atoms with E-state index in [0.717, 1.165) is 15.8 Å². The van der Waals surface area contributed by atoms with Gasteiger partial charge in [-0.1, -0.05) is 71.7 Å². The number of hydrogen-bond donors (Lipinski definition) is 1. The fraction of sp³-hybridized carbons (Fsp3) is 0.417. The van der Waals surface area contributed by atoms with Crippen LogP contribution >= 0.6 is 27.7 Å². The predicted octanol–water partition coefficient (Wildman–Crippen LogP) is 5.18. The highest BCUT2D eigenvalue weighted by Crippen LogP contribution is 2.18. The lowest BCUT2D eigenvalue weighted by Crippen LogP contribution is -2.48. The molecule has 0 unspecified atom stereocenters. The molecule has 1 N–H and O–H groups in total. The standard InChI is InChI=1S/C24H31BrN2O2S/c1-17(2)13-26-24(29)19(4)27(14-20-8-6-10-22(25)12-20)23(28)16-30-15-21-9-5-7-18(3)11-21/h5-12,17,19H,13-16H2,1-4H3,(H,26,29)/t19-/m0/s1. The highest BCUT2D eigenvalue weighted by atomic mass is 79.9. The number of rotatable bonds is 10. The molecule has 162 valence electrons. The van der Waals surface area contributed by atoms with Gasteiger partial charge >= 0.3 is 0 Å².